The summed E-state index contributed by atoms with van der Waals surface area (Å²) < 4.78 is 45.9. The lowest BCUT2D eigenvalue weighted by molar-refractivity contribution is -0.139. The summed E-state index contributed by atoms with van der Waals surface area (Å²) in [5, 5.41) is 1.69. The lowest BCUT2D eigenvalue weighted by Gasteiger charge is -2.11. The van der Waals surface area contributed by atoms with Gasteiger partial charge in [0.2, 0.25) is 0 Å². The molecule has 0 saturated carbocycles. The van der Waals surface area contributed by atoms with E-state index in [0.29, 0.717) is 11.3 Å². The highest BCUT2D eigenvalue weighted by Crippen LogP contribution is 2.22. The molecule has 3 N–H and O–H groups in total. The molecule has 0 atom stereocenters. The number of methoxy groups -OCH3 is 1. The average Bonchev–Trinajstić information content (AvgIpc) is 2.41. The van der Waals surface area contributed by atoms with E-state index < -0.39 is 25.2 Å². The van der Waals surface area contributed by atoms with Gasteiger partial charge < -0.3 is 20.5 Å². The number of rotatable bonds is 6. The van der Waals surface area contributed by atoms with Crippen LogP contribution in [0.1, 0.15) is 5.56 Å². The molecule has 116 valence electrons. The van der Waals surface area contributed by atoms with E-state index in [-0.39, 0.29) is 10.7 Å². The van der Waals surface area contributed by atoms with Crippen LogP contribution in [0, 0.1) is 0 Å². The monoisotopic (exact) mass is 322 g/mol. The summed E-state index contributed by atoms with van der Waals surface area (Å²) in [4.78, 5) is 11.3. The molecule has 21 heavy (non-hydrogen) atoms. The molecule has 0 heterocycles. The summed E-state index contributed by atoms with van der Waals surface area (Å²) >= 11 is 4.81. The molecule has 1 aromatic carbocycles. The molecule has 0 aliphatic carbocycles. The van der Waals surface area contributed by atoms with Gasteiger partial charge >= 0.3 is 6.18 Å². The number of nitrogens with two attached hydrogens (primary N) is 1. The highest BCUT2D eigenvalue weighted by molar-refractivity contribution is 7.80. The highest BCUT2D eigenvalue weighted by Gasteiger charge is 2.27. The summed E-state index contributed by atoms with van der Waals surface area (Å²) in [7, 11) is 1.42. The van der Waals surface area contributed by atoms with E-state index in [0.717, 1.165) is 0 Å². The molecule has 0 radical (unpaired) electrons. The van der Waals surface area contributed by atoms with Crippen molar-refractivity contribution in [1.29, 1.82) is 0 Å². The van der Waals surface area contributed by atoms with Gasteiger partial charge in [-0.05, 0) is 12.1 Å². The maximum atomic E-state index is 11.9. The molecule has 0 spiro atoms. The lowest BCUT2D eigenvalue weighted by Crippen LogP contribution is -2.36. The predicted molar refractivity (Wildman–Crippen MR) is 73.4 cm³/mol. The Morgan fingerprint density at radius 3 is 2.48 bits per heavy atom. The fourth-order valence-corrected chi connectivity index (χ4v) is 1.43. The van der Waals surface area contributed by atoms with E-state index in [4.69, 9.17) is 27.4 Å². The van der Waals surface area contributed by atoms with Gasteiger partial charge in [-0.1, -0.05) is 12.2 Å². The van der Waals surface area contributed by atoms with Gasteiger partial charge in [0.15, 0.2) is 6.61 Å². The Morgan fingerprint density at radius 2 is 1.95 bits per heavy atom. The molecule has 9 heteroatoms. The summed E-state index contributed by atoms with van der Waals surface area (Å²) in [6, 6.07) is 4.49. The quantitative estimate of drug-likeness (QED) is 0.774. The van der Waals surface area contributed by atoms with Gasteiger partial charge in [-0.15, -0.1) is 0 Å². The van der Waals surface area contributed by atoms with E-state index in [1.54, 1.807) is 11.4 Å². The van der Waals surface area contributed by atoms with Gasteiger partial charge in [-0.25, -0.2) is 0 Å². The van der Waals surface area contributed by atoms with Crippen LogP contribution >= 0.6 is 12.2 Å². The van der Waals surface area contributed by atoms with Crippen LogP contribution in [0.3, 0.4) is 0 Å². The zero-order valence-corrected chi connectivity index (χ0v) is 11.8. The summed E-state index contributed by atoms with van der Waals surface area (Å²) in [6.07, 6.45) is -4.47. The second kappa shape index (κ2) is 7.11. The van der Waals surface area contributed by atoms with Crippen molar-refractivity contribution in [2.75, 3.05) is 20.3 Å². The molecule has 1 aromatic rings. The van der Waals surface area contributed by atoms with Crippen molar-refractivity contribution >= 4 is 23.1 Å². The van der Waals surface area contributed by atoms with Gasteiger partial charge in [0.1, 0.15) is 23.0 Å². The first-order chi connectivity index (χ1) is 9.71. The third-order valence-electron chi connectivity index (χ3n) is 2.26. The second-order valence-corrected chi connectivity index (χ2v) is 4.38. The Bertz CT molecular complexity index is 535. The minimum Gasteiger partial charge on any atom is -0.497 e. The standard InChI is InChI=1S/C12H13F3N2O3S/c1-19-8-2-7(11(16)21)3-9(4-8)20-5-10(18)17-6-12(13,14)15/h2-4H,5-6H2,1H3,(H2,16,21)(H,17,18). The fourth-order valence-electron chi connectivity index (χ4n) is 1.31. The Labute approximate surface area is 124 Å². The van der Waals surface area contributed by atoms with Crippen LogP contribution in [0.15, 0.2) is 18.2 Å². The Kier molecular flexibility index (Phi) is 5.77. The third-order valence-corrected chi connectivity index (χ3v) is 2.49. The number of halogens is 3. The van der Waals surface area contributed by atoms with Crippen molar-refractivity contribution in [3.8, 4) is 11.5 Å². The number of hydrogen-bond acceptors (Lipinski definition) is 4. The molecule has 0 aliphatic rings. The molecule has 0 unspecified atom stereocenters. The number of benzene rings is 1. The van der Waals surface area contributed by atoms with Gasteiger partial charge in [0.05, 0.1) is 7.11 Å². The molecule has 1 amide bonds. The van der Waals surface area contributed by atoms with Crippen LogP contribution in [0.5, 0.6) is 11.5 Å². The molecule has 0 aliphatic heterocycles. The molecular weight excluding hydrogens is 309 g/mol. The number of nitrogens with one attached hydrogen (secondary N) is 1. The predicted octanol–water partition coefficient (Wildman–Crippen LogP) is 1.39. The van der Waals surface area contributed by atoms with Crippen LogP contribution in [0.4, 0.5) is 13.2 Å². The number of alkyl halides is 3. The largest absolute Gasteiger partial charge is 0.497 e. The first-order valence-corrected chi connectivity index (χ1v) is 6.07. The van der Waals surface area contributed by atoms with Crippen LogP contribution in [-0.2, 0) is 4.79 Å². The number of amides is 1. The molecule has 0 bridgehead atoms. The average molecular weight is 322 g/mol. The van der Waals surface area contributed by atoms with Gasteiger partial charge in [-0.2, -0.15) is 13.2 Å². The smallest absolute Gasteiger partial charge is 0.405 e. The van der Waals surface area contributed by atoms with E-state index in [2.05, 4.69) is 0 Å². The van der Waals surface area contributed by atoms with Gasteiger partial charge in [0, 0.05) is 11.6 Å². The van der Waals surface area contributed by atoms with Crippen molar-refractivity contribution in [2.45, 2.75) is 6.18 Å². The molecule has 5 nitrogen and oxygen atoms in total. The normalized spacial score (nSPS) is 10.9. The highest BCUT2D eigenvalue weighted by atomic mass is 32.1. The number of ether oxygens (including phenoxy) is 2. The molecule has 0 saturated heterocycles. The summed E-state index contributed by atoms with van der Waals surface area (Å²) in [5.74, 6) is -0.294. The van der Waals surface area contributed by atoms with Crippen LogP contribution in [0.2, 0.25) is 0 Å². The van der Waals surface area contributed by atoms with E-state index in [1.807, 2.05) is 0 Å². The zero-order valence-electron chi connectivity index (χ0n) is 11.0. The summed E-state index contributed by atoms with van der Waals surface area (Å²) in [6.45, 7) is -1.98. The second-order valence-electron chi connectivity index (χ2n) is 3.94. The Balaban J connectivity index is 2.64. The van der Waals surface area contributed by atoms with E-state index in [1.165, 1.54) is 19.2 Å². The minimum absolute atomic E-state index is 0.0975. The molecule has 1 rings (SSSR count). The van der Waals surface area contributed by atoms with Crippen molar-refractivity contribution in [3.05, 3.63) is 23.8 Å². The fraction of sp³-hybridized carbons (Fsp3) is 0.333. The van der Waals surface area contributed by atoms with Crippen LogP contribution in [0.25, 0.3) is 0 Å². The van der Waals surface area contributed by atoms with Crippen molar-refractivity contribution < 1.29 is 27.4 Å². The maximum Gasteiger partial charge on any atom is 0.405 e. The Morgan fingerprint density at radius 1 is 1.33 bits per heavy atom. The van der Waals surface area contributed by atoms with Crippen molar-refractivity contribution in [2.24, 2.45) is 5.73 Å². The SMILES string of the molecule is COc1cc(OCC(=O)NCC(F)(F)F)cc(C(N)=S)c1. The maximum absolute atomic E-state index is 11.9. The molecular formula is C12H13F3N2O3S. The van der Waals surface area contributed by atoms with E-state index >= 15 is 0 Å². The summed E-state index contributed by atoms with van der Waals surface area (Å²) in [5.41, 5.74) is 5.93. The van der Waals surface area contributed by atoms with Crippen molar-refractivity contribution in [3.63, 3.8) is 0 Å². The topological polar surface area (TPSA) is 73.6 Å². The first-order valence-electron chi connectivity index (χ1n) is 5.66. The number of carbonyl (C=O) groups is 1. The number of hydrogen-bond donors (Lipinski definition) is 2. The number of carbonyl (C=O) groups excluding carboxylic acids is 1. The zero-order chi connectivity index (χ0) is 16.0. The van der Waals surface area contributed by atoms with E-state index in [9.17, 15) is 18.0 Å². The molecule has 0 aromatic heterocycles. The van der Waals surface area contributed by atoms with Gasteiger partial charge in [-0.3, -0.25) is 4.79 Å². The van der Waals surface area contributed by atoms with Crippen LogP contribution < -0.4 is 20.5 Å². The molecule has 0 fully saturated rings. The lowest BCUT2D eigenvalue weighted by atomic mass is 10.2. The number of thiocarbonyl (C=S) groups is 1. The first kappa shape index (κ1) is 17.0. The van der Waals surface area contributed by atoms with Gasteiger partial charge in [0.25, 0.3) is 5.91 Å². The van der Waals surface area contributed by atoms with Crippen LogP contribution in [-0.4, -0.2) is 37.3 Å². The van der Waals surface area contributed by atoms with Crippen molar-refractivity contribution in [1.82, 2.24) is 5.32 Å². The minimum atomic E-state index is -4.47. The third kappa shape index (κ3) is 6.30. The Hall–Kier alpha value is -2.03.